The van der Waals surface area contributed by atoms with Crippen molar-refractivity contribution in [1.82, 2.24) is 20.9 Å². The van der Waals surface area contributed by atoms with E-state index in [2.05, 4.69) is 16.0 Å². The Hall–Kier alpha value is -2.97. The maximum Gasteiger partial charge on any atom is 0.325 e. The summed E-state index contributed by atoms with van der Waals surface area (Å²) >= 11 is 0. The molecular weight excluding hydrogens is 367 g/mol. The minimum atomic E-state index is -1.36. The van der Waals surface area contributed by atoms with Crippen LogP contribution in [0.25, 0.3) is 0 Å². The van der Waals surface area contributed by atoms with Crippen LogP contribution in [0.15, 0.2) is 24.3 Å². The fraction of sp³-hybridized carbons (Fsp3) is 0.474. The highest BCUT2D eigenvalue weighted by atomic mass is 19.1. The van der Waals surface area contributed by atoms with Gasteiger partial charge in [0, 0.05) is 6.04 Å². The molecule has 3 N–H and O–H groups in total. The van der Waals surface area contributed by atoms with Gasteiger partial charge in [0.2, 0.25) is 5.91 Å². The number of hydrogen-bond acceptors (Lipinski definition) is 4. The zero-order chi connectivity index (χ0) is 20.9. The molecule has 1 aliphatic rings. The van der Waals surface area contributed by atoms with E-state index in [-0.39, 0.29) is 6.04 Å². The van der Waals surface area contributed by atoms with Crippen LogP contribution in [0.3, 0.4) is 0 Å². The Morgan fingerprint density at radius 3 is 2.43 bits per heavy atom. The van der Waals surface area contributed by atoms with Gasteiger partial charge in [-0.1, -0.05) is 31.9 Å². The van der Waals surface area contributed by atoms with Crippen molar-refractivity contribution in [3.05, 3.63) is 35.6 Å². The zero-order valence-electron chi connectivity index (χ0n) is 16.2. The SMILES string of the molecule is CCCC[C@]1(c2ccc(F)cc2)NC(=O)N(CC(=O)NC(=O)NC(C)C)C1=O. The molecule has 0 saturated carbocycles. The molecule has 0 aromatic heterocycles. The van der Waals surface area contributed by atoms with Gasteiger partial charge in [-0.15, -0.1) is 0 Å². The molecule has 1 aromatic rings. The average molecular weight is 392 g/mol. The van der Waals surface area contributed by atoms with Crippen molar-refractivity contribution in [1.29, 1.82) is 0 Å². The molecule has 0 bridgehead atoms. The Morgan fingerprint density at radius 2 is 1.86 bits per heavy atom. The molecule has 2 rings (SSSR count). The first-order chi connectivity index (χ1) is 13.2. The number of hydrogen-bond donors (Lipinski definition) is 3. The Balaban J connectivity index is 2.21. The Bertz CT molecular complexity index is 766. The van der Waals surface area contributed by atoms with Crippen molar-refractivity contribution in [3.8, 4) is 0 Å². The second-order valence-corrected chi connectivity index (χ2v) is 7.01. The number of halogens is 1. The number of nitrogens with zero attached hydrogens (tertiary/aromatic N) is 1. The van der Waals surface area contributed by atoms with Crippen molar-refractivity contribution in [2.45, 2.75) is 51.6 Å². The number of imide groups is 2. The summed E-state index contributed by atoms with van der Waals surface area (Å²) in [6.45, 7) is 4.81. The molecule has 1 aliphatic heterocycles. The lowest BCUT2D eigenvalue weighted by Crippen LogP contribution is -2.48. The summed E-state index contributed by atoms with van der Waals surface area (Å²) in [4.78, 5) is 50.0. The molecule has 0 aliphatic carbocycles. The largest absolute Gasteiger partial charge is 0.336 e. The van der Waals surface area contributed by atoms with Crippen LogP contribution in [0, 0.1) is 5.82 Å². The Labute approximate surface area is 162 Å². The minimum absolute atomic E-state index is 0.176. The van der Waals surface area contributed by atoms with Crippen molar-refractivity contribution in [3.63, 3.8) is 0 Å². The van der Waals surface area contributed by atoms with E-state index >= 15 is 0 Å². The third-order valence-electron chi connectivity index (χ3n) is 4.39. The van der Waals surface area contributed by atoms with Gasteiger partial charge in [-0.25, -0.2) is 14.0 Å². The van der Waals surface area contributed by atoms with E-state index in [0.29, 0.717) is 18.4 Å². The number of nitrogens with one attached hydrogen (secondary N) is 3. The molecule has 1 atom stereocenters. The molecule has 0 unspecified atom stereocenters. The summed E-state index contributed by atoms with van der Waals surface area (Å²) in [7, 11) is 0. The lowest BCUT2D eigenvalue weighted by Gasteiger charge is -2.27. The first-order valence-corrected chi connectivity index (χ1v) is 9.20. The predicted octanol–water partition coefficient (Wildman–Crippen LogP) is 2.00. The lowest BCUT2D eigenvalue weighted by molar-refractivity contribution is -0.135. The third kappa shape index (κ3) is 4.65. The van der Waals surface area contributed by atoms with E-state index in [9.17, 15) is 23.6 Å². The molecular formula is C19H25FN4O4. The second kappa shape index (κ2) is 8.81. The summed E-state index contributed by atoms with van der Waals surface area (Å²) in [6.07, 6.45) is 1.73. The number of urea groups is 2. The number of rotatable bonds is 7. The topological polar surface area (TPSA) is 108 Å². The standard InChI is InChI=1S/C19H25FN4O4/c1-4-5-10-19(13-6-8-14(20)9-7-13)16(26)24(18(28)23-19)11-15(25)22-17(27)21-12(2)3/h6-9,12H,4-5,10-11H2,1-3H3,(H,23,28)(H2,21,22,25,27)/t19-/m1/s1. The van der Waals surface area contributed by atoms with Gasteiger partial charge in [-0.3, -0.25) is 19.8 Å². The highest BCUT2D eigenvalue weighted by molar-refractivity contribution is 6.10. The molecule has 8 nitrogen and oxygen atoms in total. The molecule has 1 heterocycles. The van der Waals surface area contributed by atoms with Gasteiger partial charge in [-0.2, -0.15) is 0 Å². The van der Waals surface area contributed by atoms with Crippen LogP contribution < -0.4 is 16.0 Å². The lowest BCUT2D eigenvalue weighted by atomic mass is 9.85. The summed E-state index contributed by atoms with van der Waals surface area (Å²) < 4.78 is 13.3. The molecule has 0 radical (unpaired) electrons. The highest BCUT2D eigenvalue weighted by Crippen LogP contribution is 2.34. The second-order valence-electron chi connectivity index (χ2n) is 7.01. The van der Waals surface area contributed by atoms with Crippen molar-refractivity contribution in [2.75, 3.05) is 6.54 Å². The molecule has 6 amide bonds. The van der Waals surface area contributed by atoms with Crippen LogP contribution in [0.4, 0.5) is 14.0 Å². The number of carbonyl (C=O) groups excluding carboxylic acids is 4. The minimum Gasteiger partial charge on any atom is -0.336 e. The van der Waals surface area contributed by atoms with E-state index in [0.717, 1.165) is 11.3 Å². The van der Waals surface area contributed by atoms with Crippen LogP contribution >= 0.6 is 0 Å². The van der Waals surface area contributed by atoms with E-state index in [1.54, 1.807) is 13.8 Å². The van der Waals surface area contributed by atoms with Crippen LogP contribution in [-0.2, 0) is 15.1 Å². The van der Waals surface area contributed by atoms with E-state index in [1.807, 2.05) is 6.92 Å². The van der Waals surface area contributed by atoms with Crippen molar-refractivity contribution < 1.29 is 23.6 Å². The van der Waals surface area contributed by atoms with Gasteiger partial charge in [0.1, 0.15) is 17.9 Å². The van der Waals surface area contributed by atoms with Gasteiger partial charge in [0.15, 0.2) is 0 Å². The number of carbonyl (C=O) groups is 4. The average Bonchev–Trinajstić information content (AvgIpc) is 2.85. The van der Waals surface area contributed by atoms with Gasteiger partial charge in [0.05, 0.1) is 0 Å². The van der Waals surface area contributed by atoms with Crippen molar-refractivity contribution >= 4 is 23.9 Å². The van der Waals surface area contributed by atoms with Gasteiger partial charge in [-0.05, 0) is 38.0 Å². The number of amides is 6. The smallest absolute Gasteiger partial charge is 0.325 e. The van der Waals surface area contributed by atoms with Crippen LogP contribution in [0.1, 0.15) is 45.6 Å². The molecule has 9 heteroatoms. The van der Waals surface area contributed by atoms with Gasteiger partial charge < -0.3 is 10.6 Å². The monoisotopic (exact) mass is 392 g/mol. The maximum absolute atomic E-state index is 13.3. The molecule has 0 spiro atoms. The van der Waals surface area contributed by atoms with Crippen LogP contribution in [0.2, 0.25) is 0 Å². The number of benzene rings is 1. The Kier molecular flexibility index (Phi) is 6.71. The van der Waals surface area contributed by atoms with E-state index in [1.165, 1.54) is 24.3 Å². The molecule has 1 aromatic carbocycles. The maximum atomic E-state index is 13.3. The van der Waals surface area contributed by atoms with E-state index in [4.69, 9.17) is 0 Å². The highest BCUT2D eigenvalue weighted by Gasteiger charge is 2.52. The summed E-state index contributed by atoms with van der Waals surface area (Å²) in [5.41, 5.74) is -0.914. The predicted molar refractivity (Wildman–Crippen MR) is 99.7 cm³/mol. The fourth-order valence-corrected chi connectivity index (χ4v) is 3.06. The number of unbranched alkanes of at least 4 members (excludes halogenated alkanes) is 1. The Morgan fingerprint density at radius 1 is 1.21 bits per heavy atom. The van der Waals surface area contributed by atoms with E-state index < -0.39 is 41.8 Å². The van der Waals surface area contributed by atoms with Crippen molar-refractivity contribution in [2.24, 2.45) is 0 Å². The summed E-state index contributed by atoms with van der Waals surface area (Å²) in [5.74, 6) is -1.84. The quantitative estimate of drug-likeness (QED) is 0.617. The van der Waals surface area contributed by atoms with Crippen LogP contribution in [0.5, 0.6) is 0 Å². The normalized spacial score (nSPS) is 19.0. The summed E-state index contributed by atoms with van der Waals surface area (Å²) in [5, 5.41) is 7.23. The molecule has 1 saturated heterocycles. The summed E-state index contributed by atoms with van der Waals surface area (Å²) in [6, 6.07) is 3.71. The zero-order valence-corrected chi connectivity index (χ0v) is 16.2. The third-order valence-corrected chi connectivity index (χ3v) is 4.39. The first kappa shape index (κ1) is 21.3. The van der Waals surface area contributed by atoms with Gasteiger partial charge in [0.25, 0.3) is 5.91 Å². The fourth-order valence-electron chi connectivity index (χ4n) is 3.06. The molecule has 152 valence electrons. The van der Waals surface area contributed by atoms with Gasteiger partial charge >= 0.3 is 12.1 Å². The molecule has 28 heavy (non-hydrogen) atoms. The molecule has 1 fully saturated rings. The van der Waals surface area contributed by atoms with Crippen LogP contribution in [-0.4, -0.2) is 41.4 Å². The first-order valence-electron chi connectivity index (χ1n) is 9.20.